The quantitative estimate of drug-likeness (QED) is 0.251. The molecule has 2 aromatic carbocycles. The second-order valence-electron chi connectivity index (χ2n) is 12.0. The van der Waals surface area contributed by atoms with Gasteiger partial charge in [-0.3, -0.25) is 9.20 Å². The summed E-state index contributed by atoms with van der Waals surface area (Å²) in [6.07, 6.45) is 4.85. The van der Waals surface area contributed by atoms with E-state index < -0.39 is 11.1 Å². The minimum Gasteiger partial charge on any atom is -0.444 e. The van der Waals surface area contributed by atoms with Crippen molar-refractivity contribution in [3.8, 4) is 22.5 Å². The first-order valence-electron chi connectivity index (χ1n) is 13.8. The summed E-state index contributed by atoms with van der Waals surface area (Å²) >= 11 is 0. The highest BCUT2D eigenvalue weighted by molar-refractivity contribution is 5.96. The number of Topliss-reactive ketones (excluding diaryl/α,β-unsaturated/α-hetero) is 1. The summed E-state index contributed by atoms with van der Waals surface area (Å²) in [5.41, 5.74) is 5.39. The molecule has 2 aromatic heterocycles. The number of hydrogen-bond donors (Lipinski definition) is 1. The van der Waals surface area contributed by atoms with Crippen molar-refractivity contribution in [3.05, 3.63) is 84.1 Å². The van der Waals surface area contributed by atoms with Crippen molar-refractivity contribution in [3.63, 3.8) is 0 Å². The fraction of sp³-hybridized carbons (Fsp3) is 0.364. The first kappa shape index (κ1) is 26.7. The van der Waals surface area contributed by atoms with Crippen LogP contribution < -0.4 is 5.32 Å². The third kappa shape index (κ3) is 5.60. The second-order valence-corrected chi connectivity index (χ2v) is 12.0. The van der Waals surface area contributed by atoms with Crippen molar-refractivity contribution in [2.45, 2.75) is 71.4 Å². The molecule has 202 valence electrons. The Kier molecular flexibility index (Phi) is 7.06. The van der Waals surface area contributed by atoms with Gasteiger partial charge in [-0.1, -0.05) is 68.4 Å². The lowest BCUT2D eigenvalue weighted by Gasteiger charge is -2.43. The van der Waals surface area contributed by atoms with E-state index in [9.17, 15) is 9.59 Å². The van der Waals surface area contributed by atoms with E-state index in [2.05, 4.69) is 55.6 Å². The number of fused-ring (bicyclic) bond motifs is 1. The van der Waals surface area contributed by atoms with Gasteiger partial charge in [-0.05, 0) is 63.6 Å². The first-order chi connectivity index (χ1) is 18.5. The number of rotatable bonds is 7. The molecule has 1 N–H and O–H groups in total. The van der Waals surface area contributed by atoms with Crippen molar-refractivity contribution in [2.24, 2.45) is 5.92 Å². The van der Waals surface area contributed by atoms with Crippen LogP contribution in [-0.4, -0.2) is 26.9 Å². The van der Waals surface area contributed by atoms with Gasteiger partial charge in [-0.2, -0.15) is 0 Å². The van der Waals surface area contributed by atoms with Gasteiger partial charge >= 0.3 is 6.09 Å². The lowest BCUT2D eigenvalue weighted by atomic mass is 9.71. The van der Waals surface area contributed by atoms with E-state index in [0.717, 1.165) is 53.0 Å². The Labute approximate surface area is 230 Å². The van der Waals surface area contributed by atoms with E-state index in [-0.39, 0.29) is 11.9 Å². The van der Waals surface area contributed by atoms with E-state index >= 15 is 0 Å². The fourth-order valence-electron chi connectivity index (χ4n) is 5.23. The van der Waals surface area contributed by atoms with E-state index in [0.29, 0.717) is 17.9 Å². The summed E-state index contributed by atoms with van der Waals surface area (Å²) in [5.74, 6) is 0.427. The van der Waals surface area contributed by atoms with Crippen molar-refractivity contribution >= 4 is 17.5 Å². The lowest BCUT2D eigenvalue weighted by molar-refractivity contribution is 0.0377. The zero-order valence-electron chi connectivity index (χ0n) is 23.5. The van der Waals surface area contributed by atoms with Crippen LogP contribution in [0.15, 0.2) is 72.9 Å². The highest BCUT2D eigenvalue weighted by Gasteiger charge is 2.41. The Morgan fingerprint density at radius 2 is 1.67 bits per heavy atom. The molecule has 0 atom stereocenters. The van der Waals surface area contributed by atoms with Crippen LogP contribution in [-0.2, 0) is 10.3 Å². The van der Waals surface area contributed by atoms with Crippen LogP contribution in [0.2, 0.25) is 0 Å². The minimum atomic E-state index is -0.547. The molecule has 1 fully saturated rings. The topological polar surface area (TPSA) is 72.7 Å². The second kappa shape index (κ2) is 10.3. The molecule has 0 spiro atoms. The normalized spacial score (nSPS) is 14.7. The Balaban J connectivity index is 1.53. The van der Waals surface area contributed by atoms with Gasteiger partial charge in [-0.25, -0.2) is 9.78 Å². The third-order valence-corrected chi connectivity index (χ3v) is 7.24. The molecule has 39 heavy (non-hydrogen) atoms. The number of ketones is 1. The van der Waals surface area contributed by atoms with Crippen LogP contribution in [0, 0.1) is 5.92 Å². The minimum absolute atomic E-state index is 0.133. The number of carbonyl (C=O) groups is 2. The predicted octanol–water partition coefficient (Wildman–Crippen LogP) is 7.80. The number of aromatic nitrogens is 2. The molecule has 6 nitrogen and oxygen atoms in total. The monoisotopic (exact) mass is 523 g/mol. The molecule has 4 aromatic rings. The van der Waals surface area contributed by atoms with Crippen LogP contribution >= 0.6 is 0 Å². The summed E-state index contributed by atoms with van der Waals surface area (Å²) in [6.45, 7) is 9.73. The predicted molar refractivity (Wildman–Crippen MR) is 155 cm³/mol. The number of nitrogens with zero attached hydrogens (tertiary/aromatic N) is 2. The number of alkyl carbamates (subject to hydrolysis) is 1. The van der Waals surface area contributed by atoms with E-state index in [1.807, 2.05) is 61.7 Å². The van der Waals surface area contributed by atoms with E-state index in [1.54, 1.807) is 0 Å². The number of nitrogens with one attached hydrogen (secondary N) is 1. The number of pyridine rings is 1. The third-order valence-electron chi connectivity index (χ3n) is 7.24. The lowest BCUT2D eigenvalue weighted by Crippen LogP contribution is -2.52. The van der Waals surface area contributed by atoms with Gasteiger partial charge in [0.05, 0.1) is 16.9 Å². The average Bonchev–Trinajstić information content (AvgIpc) is 3.24. The summed E-state index contributed by atoms with van der Waals surface area (Å²) in [5, 5.41) is 3.14. The smallest absolute Gasteiger partial charge is 0.408 e. The summed E-state index contributed by atoms with van der Waals surface area (Å²) < 4.78 is 7.57. The molecule has 0 aliphatic heterocycles. The van der Waals surface area contributed by atoms with Gasteiger partial charge in [0.2, 0.25) is 0 Å². The molecular formula is C33H37N3O3. The van der Waals surface area contributed by atoms with Gasteiger partial charge in [0.1, 0.15) is 11.2 Å². The maximum atomic E-state index is 12.9. The van der Waals surface area contributed by atoms with Crippen molar-refractivity contribution < 1.29 is 14.3 Å². The number of carbonyl (C=O) groups excluding carboxylic acids is 2. The average molecular weight is 524 g/mol. The van der Waals surface area contributed by atoms with Gasteiger partial charge in [0, 0.05) is 29.3 Å². The number of amides is 1. The van der Waals surface area contributed by atoms with Crippen LogP contribution in [0.5, 0.6) is 0 Å². The Hall–Kier alpha value is -3.93. The van der Waals surface area contributed by atoms with Crippen molar-refractivity contribution in [1.82, 2.24) is 14.7 Å². The zero-order valence-corrected chi connectivity index (χ0v) is 23.5. The molecule has 6 heteroatoms. The molecule has 0 saturated heterocycles. The Morgan fingerprint density at radius 1 is 0.974 bits per heavy atom. The van der Waals surface area contributed by atoms with Gasteiger partial charge in [0.25, 0.3) is 0 Å². The van der Waals surface area contributed by atoms with Gasteiger partial charge < -0.3 is 10.1 Å². The first-order valence-corrected chi connectivity index (χ1v) is 13.8. The summed E-state index contributed by atoms with van der Waals surface area (Å²) in [4.78, 5) is 30.5. The number of benzene rings is 2. The number of hydrogen-bond acceptors (Lipinski definition) is 4. The Bertz CT molecular complexity index is 1490. The molecule has 2 heterocycles. The van der Waals surface area contributed by atoms with Crippen molar-refractivity contribution in [2.75, 3.05) is 0 Å². The molecule has 0 unspecified atom stereocenters. The van der Waals surface area contributed by atoms with Crippen LogP contribution in [0.1, 0.15) is 76.2 Å². The standard InChI is InChI=1S/C33H37N3O3/c1-22(2)20-27(37)25-14-17-28-34-29(30(36(28)21-25)24-10-7-6-8-11-24)23-12-15-26(16-13-23)33(18-9-19-33)35-31(38)39-32(3,4)5/h6-8,10-17,21-22H,9,18-20H2,1-5H3,(H,35,38). The SMILES string of the molecule is CC(C)CC(=O)c1ccc2nc(-c3ccc(C4(NC(=O)OC(C)(C)C)CCC4)cc3)c(-c3ccccc3)n2c1. The van der Waals surface area contributed by atoms with E-state index in [1.165, 1.54) is 0 Å². The molecular weight excluding hydrogens is 486 g/mol. The molecule has 0 bridgehead atoms. The largest absolute Gasteiger partial charge is 0.444 e. The van der Waals surface area contributed by atoms with Gasteiger partial charge in [0.15, 0.2) is 5.78 Å². The van der Waals surface area contributed by atoms with Crippen LogP contribution in [0.3, 0.4) is 0 Å². The van der Waals surface area contributed by atoms with Gasteiger partial charge in [-0.15, -0.1) is 0 Å². The molecule has 1 amide bonds. The summed E-state index contributed by atoms with van der Waals surface area (Å²) in [7, 11) is 0. The summed E-state index contributed by atoms with van der Waals surface area (Å²) in [6, 6.07) is 22.3. The number of ether oxygens (including phenoxy) is 1. The Morgan fingerprint density at radius 3 is 2.26 bits per heavy atom. The molecule has 1 saturated carbocycles. The maximum absolute atomic E-state index is 12.9. The molecule has 1 aliphatic rings. The maximum Gasteiger partial charge on any atom is 0.408 e. The highest BCUT2D eigenvalue weighted by atomic mass is 16.6. The zero-order chi connectivity index (χ0) is 27.8. The van der Waals surface area contributed by atoms with Crippen LogP contribution in [0.25, 0.3) is 28.2 Å². The fourth-order valence-corrected chi connectivity index (χ4v) is 5.23. The highest BCUT2D eigenvalue weighted by Crippen LogP contribution is 2.42. The molecule has 1 aliphatic carbocycles. The van der Waals surface area contributed by atoms with Crippen LogP contribution in [0.4, 0.5) is 4.79 Å². The molecule has 5 rings (SSSR count). The van der Waals surface area contributed by atoms with Crippen molar-refractivity contribution in [1.29, 1.82) is 0 Å². The van der Waals surface area contributed by atoms with E-state index in [4.69, 9.17) is 9.72 Å². The number of imidazole rings is 1. The molecule has 0 radical (unpaired) electrons.